The summed E-state index contributed by atoms with van der Waals surface area (Å²) in [6, 6.07) is 29.1. The summed E-state index contributed by atoms with van der Waals surface area (Å²) in [6.45, 7) is 17.2. The van der Waals surface area contributed by atoms with Crippen LogP contribution in [0.4, 0.5) is 14.4 Å². The molecular formula is C87H126N14O18. The molecular weight excluding hydrogens is 1530 g/mol. The molecule has 4 heterocycles. The van der Waals surface area contributed by atoms with Crippen molar-refractivity contribution in [3.05, 3.63) is 144 Å². The maximum atomic E-state index is 14.8. The lowest BCUT2D eigenvalue weighted by Gasteiger charge is -2.41. The Balaban J connectivity index is 0.000000349. The Bertz CT molecular complexity index is 4030. The number of rotatable bonds is 33. The van der Waals surface area contributed by atoms with Gasteiger partial charge in [-0.15, -0.1) is 0 Å². The number of piperidine rings is 2. The summed E-state index contributed by atoms with van der Waals surface area (Å²) in [5.41, 5.74) is 16.5. The van der Waals surface area contributed by atoms with Gasteiger partial charge in [-0.1, -0.05) is 121 Å². The molecule has 8 rings (SSSR count). The van der Waals surface area contributed by atoms with Gasteiger partial charge in [0.05, 0.1) is 20.3 Å². The molecule has 4 aliphatic heterocycles. The van der Waals surface area contributed by atoms with E-state index in [2.05, 4.69) is 37.2 Å². The van der Waals surface area contributed by atoms with E-state index in [1.165, 1.54) is 28.9 Å². The second-order valence-corrected chi connectivity index (χ2v) is 33.9. The molecule has 4 aromatic rings. The maximum Gasteiger partial charge on any atom is 0.408 e. The molecule has 4 aromatic carbocycles. The summed E-state index contributed by atoms with van der Waals surface area (Å²) < 4.78 is 26.2. The van der Waals surface area contributed by atoms with Crippen LogP contribution in [0.25, 0.3) is 0 Å². The second-order valence-electron chi connectivity index (χ2n) is 33.9. The first kappa shape index (κ1) is 95.4. The topological polar surface area (TPSA) is 443 Å². The molecule has 8 atom stereocenters. The molecule has 0 aromatic heterocycles. The number of esters is 2. The highest BCUT2D eigenvalue weighted by atomic mass is 16.6. The third-order valence-corrected chi connectivity index (χ3v) is 21.0. The van der Waals surface area contributed by atoms with Crippen LogP contribution < -0.4 is 54.4 Å². The minimum atomic E-state index is -1.47. The fraction of sp³-hybridized carbons (Fsp3) is 0.575. The van der Waals surface area contributed by atoms with Crippen LogP contribution in [0.3, 0.4) is 0 Å². The van der Waals surface area contributed by atoms with Gasteiger partial charge in [0, 0.05) is 65.1 Å². The Kier molecular flexibility index (Phi) is 36.0. The summed E-state index contributed by atoms with van der Waals surface area (Å²) in [7, 11) is 2.50. The van der Waals surface area contributed by atoms with E-state index in [1.54, 1.807) is 67.2 Å². The average molecular weight is 1660 g/mol. The molecule has 4 aliphatic rings. The summed E-state index contributed by atoms with van der Waals surface area (Å²) in [6.07, 6.45) is 3.39. The number of nitrogens with two attached hydrogens (primary N) is 3. The number of alkyl carbamates (subject to hydrolysis) is 3. The summed E-state index contributed by atoms with van der Waals surface area (Å²) in [4.78, 5) is 183. The van der Waals surface area contributed by atoms with Crippen molar-refractivity contribution in [2.75, 3.05) is 66.6 Å². The van der Waals surface area contributed by atoms with Crippen molar-refractivity contribution in [3.63, 3.8) is 0 Å². The predicted octanol–water partition coefficient (Wildman–Crippen LogP) is 5.46. The molecule has 0 radical (unpaired) electrons. The first-order chi connectivity index (χ1) is 56.3. The fourth-order valence-electron chi connectivity index (χ4n) is 14.8. The van der Waals surface area contributed by atoms with Crippen molar-refractivity contribution in [1.82, 2.24) is 56.8 Å². The van der Waals surface area contributed by atoms with Crippen LogP contribution in [0.15, 0.2) is 121 Å². The number of carbonyl (C=O) groups excluding carboxylic acids is 13. The molecule has 119 heavy (non-hydrogen) atoms. The van der Waals surface area contributed by atoms with Crippen molar-refractivity contribution in [2.45, 2.75) is 254 Å². The summed E-state index contributed by atoms with van der Waals surface area (Å²) >= 11 is 0. The zero-order valence-corrected chi connectivity index (χ0v) is 70.9. The Morgan fingerprint density at radius 1 is 0.429 bits per heavy atom. The number of nitrogens with one attached hydrogen (secondary N) is 7. The van der Waals surface area contributed by atoms with Crippen molar-refractivity contribution >= 4 is 77.5 Å². The largest absolute Gasteiger partial charge is 0.468 e. The Morgan fingerprint density at radius 3 is 1.22 bits per heavy atom. The number of benzene rings is 4. The van der Waals surface area contributed by atoms with Gasteiger partial charge in [-0.3, -0.25) is 43.2 Å². The van der Waals surface area contributed by atoms with Crippen LogP contribution in [-0.4, -0.2) is 240 Å². The van der Waals surface area contributed by atoms with E-state index in [0.717, 1.165) is 22.3 Å². The molecule has 0 spiro atoms. The Morgan fingerprint density at radius 2 is 0.807 bits per heavy atom. The quantitative estimate of drug-likeness (QED) is 0.0161. The first-order valence-electron chi connectivity index (χ1n) is 41.3. The minimum absolute atomic E-state index is 0.00403. The van der Waals surface area contributed by atoms with Gasteiger partial charge in [0.2, 0.25) is 47.3 Å². The highest BCUT2D eigenvalue weighted by Gasteiger charge is 2.48. The average Bonchev–Trinajstić information content (AvgIpc) is 1.78. The standard InChI is InChI=1S/C51H75N7O12.C36H51N7O6/c1-48(2,3)68-45(64)52-28-18-17-24-36(42(61)57-30-26-51(27-31-57,44(63)67-10)56-47(66)70-50(7,8)9)53-41(60)39-25-19-29-58(39)43(62)38(33-35-22-15-12-16-23-35)54-40(59)37(32-34-20-13-11-14-21-34)55-46(65)69-49(4,5)6;1-49-35(48)36(39)17-21-42(22-18-36)33(46)28(15-8-9-19-37)40-32(45)30-16-10-20-43(30)34(47)29(24-26-13-6-3-7-14-26)41-31(44)27(38)23-25-11-4-2-5-12-25/h11-16,20-23,36-39H,17-19,24-33H2,1-10H3,(H,52,64)(H,53,60)(H,54,59)(H,55,65)(H,56,66);2-7,11-14,27-30H,8-10,15-24,37-39H2,1H3,(H,40,45)(H,41,44)/t36-,37-,38-,39-;27-,28-,29-,30-/m11/s1. The summed E-state index contributed by atoms with van der Waals surface area (Å²) in [5, 5.41) is 19.7. The van der Waals surface area contributed by atoms with E-state index in [4.69, 9.17) is 40.9 Å². The maximum absolute atomic E-state index is 14.8. The van der Waals surface area contributed by atoms with Crippen LogP contribution >= 0.6 is 0 Å². The molecule has 0 saturated carbocycles. The fourth-order valence-corrected chi connectivity index (χ4v) is 14.8. The van der Waals surface area contributed by atoms with Crippen molar-refractivity contribution in [1.29, 1.82) is 0 Å². The highest BCUT2D eigenvalue weighted by Crippen LogP contribution is 2.29. The van der Waals surface area contributed by atoms with Crippen molar-refractivity contribution in [2.24, 2.45) is 17.2 Å². The predicted molar refractivity (Wildman–Crippen MR) is 445 cm³/mol. The monoisotopic (exact) mass is 1650 g/mol. The number of likely N-dealkylation sites (tertiary alicyclic amines) is 4. The molecule has 0 aliphatic carbocycles. The van der Waals surface area contributed by atoms with E-state index in [9.17, 15) is 62.3 Å². The minimum Gasteiger partial charge on any atom is -0.468 e. The smallest absolute Gasteiger partial charge is 0.408 e. The first-order valence-corrected chi connectivity index (χ1v) is 41.3. The van der Waals surface area contributed by atoms with Crippen LogP contribution in [-0.2, 0) is 97.3 Å². The lowest BCUT2D eigenvalue weighted by Crippen LogP contribution is -2.63. The number of nitrogens with zero attached hydrogens (tertiary/aromatic N) is 4. The van der Waals surface area contributed by atoms with Gasteiger partial charge >= 0.3 is 30.2 Å². The van der Waals surface area contributed by atoms with Gasteiger partial charge in [-0.2, -0.15) is 0 Å². The molecule has 4 fully saturated rings. The molecule has 11 amide bonds. The van der Waals surface area contributed by atoms with E-state index >= 15 is 0 Å². The molecule has 4 saturated heterocycles. The number of unbranched alkanes of at least 4 members (excludes halogenated alkanes) is 2. The number of hydrogen-bond acceptors (Lipinski definition) is 21. The van der Waals surface area contributed by atoms with Gasteiger partial charge in [0.1, 0.15) is 70.2 Å². The van der Waals surface area contributed by atoms with Crippen LogP contribution in [0, 0.1) is 0 Å². The van der Waals surface area contributed by atoms with E-state index < -0.39 is 142 Å². The Hall–Kier alpha value is -10.7. The Labute approximate surface area is 698 Å². The van der Waals surface area contributed by atoms with Gasteiger partial charge in [-0.05, 0) is 187 Å². The van der Waals surface area contributed by atoms with Gasteiger partial charge in [0.15, 0.2) is 0 Å². The van der Waals surface area contributed by atoms with E-state index in [1.807, 2.05) is 121 Å². The molecule has 13 N–H and O–H groups in total. The zero-order chi connectivity index (χ0) is 87.3. The number of carbonyl (C=O) groups is 13. The zero-order valence-electron chi connectivity index (χ0n) is 70.9. The van der Waals surface area contributed by atoms with E-state index in [-0.39, 0.29) is 109 Å². The van der Waals surface area contributed by atoms with Crippen LogP contribution in [0.1, 0.15) is 174 Å². The molecule has 0 unspecified atom stereocenters. The number of amides is 11. The summed E-state index contributed by atoms with van der Waals surface area (Å²) in [5.74, 6) is -4.89. The van der Waals surface area contributed by atoms with Crippen molar-refractivity contribution < 1.29 is 86.0 Å². The molecule has 652 valence electrons. The molecule has 0 bridgehead atoms. The number of methoxy groups -OCH3 is 2. The molecule has 32 heteroatoms. The lowest BCUT2D eigenvalue weighted by molar-refractivity contribution is -0.153. The third-order valence-electron chi connectivity index (χ3n) is 21.0. The van der Waals surface area contributed by atoms with E-state index in [0.29, 0.717) is 70.9 Å². The number of ether oxygens (including phenoxy) is 5. The van der Waals surface area contributed by atoms with Gasteiger partial charge < -0.3 is 97.7 Å². The second kappa shape index (κ2) is 44.9. The van der Waals surface area contributed by atoms with Crippen LogP contribution in [0.2, 0.25) is 0 Å². The number of hydrogen-bond donors (Lipinski definition) is 10. The lowest BCUT2D eigenvalue weighted by atomic mass is 9.87. The third kappa shape index (κ3) is 30.2. The van der Waals surface area contributed by atoms with Gasteiger partial charge in [0.25, 0.3) is 0 Å². The highest BCUT2D eigenvalue weighted by molar-refractivity contribution is 5.98. The van der Waals surface area contributed by atoms with Crippen molar-refractivity contribution in [3.8, 4) is 0 Å². The molecule has 32 nitrogen and oxygen atoms in total. The SMILES string of the molecule is COC(=O)C1(N)CCN(C(=O)[C@@H](CCCCN)NC(=O)[C@H]2CCCN2C(=O)[C@@H](Cc2ccccc2)NC(=O)[C@H](N)Cc2ccccc2)CC1.COC(=O)C1(NC(=O)OC(C)(C)C)CCN(C(=O)[C@@H](CCCCNC(=O)OC(C)(C)C)NC(=O)[C@H]2CCCN2C(=O)[C@@H](Cc2ccccc2)NC(=O)[C@@H](Cc2ccccc2)NC(=O)OC(C)(C)C)CC1. The normalized spacial score (nSPS) is 17.9. The van der Waals surface area contributed by atoms with Gasteiger partial charge in [-0.25, -0.2) is 19.2 Å². The van der Waals surface area contributed by atoms with Crippen LogP contribution in [0.5, 0.6) is 0 Å².